The molecular weight excluding hydrogens is 124 g/mol. The lowest BCUT2D eigenvalue weighted by Gasteiger charge is -1.85. The molecule has 0 rings (SSSR count). The van der Waals surface area contributed by atoms with Crippen molar-refractivity contribution in [3.8, 4) is 0 Å². The summed E-state index contributed by atoms with van der Waals surface area (Å²) >= 11 is 0. The summed E-state index contributed by atoms with van der Waals surface area (Å²) in [7, 11) is 0. The highest BCUT2D eigenvalue weighted by molar-refractivity contribution is 5.10. The minimum Gasteiger partial charge on any atom is -0.402 e. The number of rotatable bonds is 1. The molecule has 0 unspecified atom stereocenters. The molecule has 0 aliphatic rings. The number of allylic oxidation sites excluding steroid dienone is 4. The molecule has 0 aromatic rings. The van der Waals surface area contributed by atoms with Crippen LogP contribution in [-0.4, -0.2) is 0 Å². The molecule has 0 heterocycles. The van der Waals surface area contributed by atoms with Gasteiger partial charge in [0, 0.05) is 11.4 Å². The van der Waals surface area contributed by atoms with Crippen molar-refractivity contribution in [2.75, 3.05) is 0 Å². The molecule has 0 saturated carbocycles. The van der Waals surface area contributed by atoms with Crippen LogP contribution >= 0.6 is 0 Å². The smallest absolute Gasteiger partial charge is 0.00495 e. The molecular formula is C8H18N2. The average Bonchev–Trinajstić information content (AvgIpc) is 1.89. The van der Waals surface area contributed by atoms with Crippen LogP contribution in [0.2, 0.25) is 0 Å². The van der Waals surface area contributed by atoms with E-state index < -0.39 is 0 Å². The fraction of sp³-hybridized carbons (Fsp3) is 0.500. The van der Waals surface area contributed by atoms with Gasteiger partial charge in [-0.3, -0.25) is 0 Å². The summed E-state index contributed by atoms with van der Waals surface area (Å²) in [5, 5.41) is 0. The van der Waals surface area contributed by atoms with Gasteiger partial charge in [0.1, 0.15) is 0 Å². The molecule has 0 spiro atoms. The first-order valence-corrected chi connectivity index (χ1v) is 3.49. The maximum absolute atomic E-state index is 5.30. The zero-order valence-corrected chi connectivity index (χ0v) is 7.31. The van der Waals surface area contributed by atoms with Crippen molar-refractivity contribution in [3.63, 3.8) is 0 Å². The Morgan fingerprint density at radius 1 is 0.900 bits per heavy atom. The van der Waals surface area contributed by atoms with Crippen LogP contribution in [0.3, 0.4) is 0 Å². The van der Waals surface area contributed by atoms with Gasteiger partial charge in [-0.2, -0.15) is 0 Å². The lowest BCUT2D eigenvalue weighted by Crippen LogP contribution is -1.91. The largest absolute Gasteiger partial charge is 0.402 e. The molecule has 4 N–H and O–H groups in total. The van der Waals surface area contributed by atoms with Crippen LogP contribution < -0.4 is 11.5 Å². The number of hydrogen-bond donors (Lipinski definition) is 2. The summed E-state index contributed by atoms with van der Waals surface area (Å²) in [6.45, 7) is 7.64. The highest BCUT2D eigenvalue weighted by Crippen LogP contribution is 1.84. The van der Waals surface area contributed by atoms with Crippen LogP contribution in [0, 0.1) is 0 Å². The van der Waals surface area contributed by atoms with Gasteiger partial charge in [-0.1, -0.05) is 13.8 Å². The van der Waals surface area contributed by atoms with Gasteiger partial charge in [-0.15, -0.1) is 0 Å². The van der Waals surface area contributed by atoms with Crippen molar-refractivity contribution < 1.29 is 0 Å². The Hall–Kier alpha value is -0.920. The van der Waals surface area contributed by atoms with Crippen LogP contribution in [-0.2, 0) is 0 Å². The Bertz CT molecular complexity index is 99.2. The van der Waals surface area contributed by atoms with Crippen molar-refractivity contribution in [2.45, 2.75) is 27.7 Å². The first kappa shape index (κ1) is 11.8. The Morgan fingerprint density at radius 2 is 1.10 bits per heavy atom. The second-order valence-electron chi connectivity index (χ2n) is 1.82. The molecule has 0 saturated heterocycles. The third kappa shape index (κ3) is 15.7. The molecule has 0 bridgehead atoms. The zero-order valence-electron chi connectivity index (χ0n) is 7.31. The monoisotopic (exact) mass is 142 g/mol. The third-order valence-corrected chi connectivity index (χ3v) is 0.609. The molecule has 0 amide bonds. The first-order valence-electron chi connectivity index (χ1n) is 3.49. The van der Waals surface area contributed by atoms with Crippen LogP contribution in [0.15, 0.2) is 23.5 Å². The molecule has 0 radical (unpaired) electrons. The first-order chi connectivity index (χ1) is 4.63. The third-order valence-electron chi connectivity index (χ3n) is 0.609. The van der Waals surface area contributed by atoms with E-state index in [1.807, 2.05) is 27.7 Å². The van der Waals surface area contributed by atoms with Gasteiger partial charge >= 0.3 is 0 Å². The summed E-state index contributed by atoms with van der Waals surface area (Å²) in [6, 6.07) is 0. The van der Waals surface area contributed by atoms with Crippen LogP contribution in [0.25, 0.3) is 0 Å². The van der Waals surface area contributed by atoms with Gasteiger partial charge in [0.2, 0.25) is 0 Å². The fourth-order valence-electron chi connectivity index (χ4n) is 0.263. The second-order valence-corrected chi connectivity index (χ2v) is 1.82. The predicted molar refractivity (Wildman–Crippen MR) is 47.2 cm³/mol. The van der Waals surface area contributed by atoms with Gasteiger partial charge in [-0.05, 0) is 26.0 Å². The van der Waals surface area contributed by atoms with E-state index in [0.29, 0.717) is 0 Å². The minimum absolute atomic E-state index is 0.773. The van der Waals surface area contributed by atoms with E-state index in [1.54, 1.807) is 12.2 Å². The van der Waals surface area contributed by atoms with Crippen molar-refractivity contribution in [1.29, 1.82) is 0 Å². The lowest BCUT2D eigenvalue weighted by molar-refractivity contribution is 1.28. The van der Waals surface area contributed by atoms with Crippen LogP contribution in [0.4, 0.5) is 0 Å². The maximum Gasteiger partial charge on any atom is 0.00495 e. The average molecular weight is 142 g/mol. The molecule has 0 atom stereocenters. The molecule has 60 valence electrons. The number of hydrogen-bond acceptors (Lipinski definition) is 2. The molecule has 10 heavy (non-hydrogen) atoms. The molecule has 0 aromatic carbocycles. The fourth-order valence-corrected chi connectivity index (χ4v) is 0.263. The molecule has 0 fully saturated rings. The zero-order chi connectivity index (χ0) is 8.57. The molecule has 0 aliphatic heterocycles. The van der Waals surface area contributed by atoms with E-state index in [-0.39, 0.29) is 0 Å². The van der Waals surface area contributed by atoms with Gasteiger partial charge in [0.05, 0.1) is 0 Å². The highest BCUT2D eigenvalue weighted by atomic mass is 14.6. The maximum atomic E-state index is 5.30. The lowest BCUT2D eigenvalue weighted by atomic mass is 10.4. The molecule has 0 aliphatic carbocycles. The normalized spacial score (nSPS) is 12.0. The minimum atomic E-state index is 0.773. The number of nitrogens with two attached hydrogens (primary N) is 2. The van der Waals surface area contributed by atoms with E-state index in [1.165, 1.54) is 0 Å². The quantitative estimate of drug-likeness (QED) is 0.548. The van der Waals surface area contributed by atoms with Crippen LogP contribution in [0.5, 0.6) is 0 Å². The Balaban J connectivity index is 0. The molecule has 0 aromatic heterocycles. The summed E-state index contributed by atoms with van der Waals surface area (Å²) in [5.41, 5.74) is 12.1. The molecule has 2 heteroatoms. The van der Waals surface area contributed by atoms with Gasteiger partial charge in [0.25, 0.3) is 0 Å². The summed E-state index contributed by atoms with van der Waals surface area (Å²) in [6.07, 6.45) is 3.55. The molecule has 2 nitrogen and oxygen atoms in total. The highest BCUT2D eigenvalue weighted by Gasteiger charge is 1.72. The second kappa shape index (κ2) is 8.08. The van der Waals surface area contributed by atoms with Crippen molar-refractivity contribution >= 4 is 0 Å². The van der Waals surface area contributed by atoms with E-state index in [4.69, 9.17) is 11.5 Å². The van der Waals surface area contributed by atoms with E-state index >= 15 is 0 Å². The van der Waals surface area contributed by atoms with Crippen molar-refractivity contribution in [3.05, 3.63) is 23.5 Å². The van der Waals surface area contributed by atoms with E-state index in [9.17, 15) is 0 Å². The summed E-state index contributed by atoms with van der Waals surface area (Å²) in [4.78, 5) is 0. The van der Waals surface area contributed by atoms with Gasteiger partial charge in [-0.25, -0.2) is 0 Å². The van der Waals surface area contributed by atoms with E-state index in [0.717, 1.165) is 11.4 Å². The Kier molecular flexibility index (Phi) is 9.56. The van der Waals surface area contributed by atoms with Crippen molar-refractivity contribution in [1.82, 2.24) is 0 Å². The van der Waals surface area contributed by atoms with Crippen LogP contribution in [0.1, 0.15) is 27.7 Å². The predicted octanol–water partition coefficient (Wildman–Crippen LogP) is 1.74. The standard InChI is InChI=1S/C6H12N2.C2H6/c1-5(7)3-4-6(2)8;1-2/h3-4H,7-8H2,1-2H3;1-2H3/b5-3-,6-4-;. The van der Waals surface area contributed by atoms with Gasteiger partial charge in [0.15, 0.2) is 0 Å². The Morgan fingerprint density at radius 3 is 1.20 bits per heavy atom. The van der Waals surface area contributed by atoms with Gasteiger partial charge < -0.3 is 11.5 Å². The topological polar surface area (TPSA) is 52.0 Å². The van der Waals surface area contributed by atoms with E-state index in [2.05, 4.69) is 0 Å². The van der Waals surface area contributed by atoms with Crippen molar-refractivity contribution in [2.24, 2.45) is 11.5 Å². The summed E-state index contributed by atoms with van der Waals surface area (Å²) in [5.74, 6) is 0. The summed E-state index contributed by atoms with van der Waals surface area (Å²) < 4.78 is 0. The Labute approximate surface area is 63.6 Å². The SMILES string of the molecule is C/C(N)=C/C=C(/C)N.CC.